The van der Waals surface area contributed by atoms with Crippen molar-refractivity contribution in [2.24, 2.45) is 0 Å². The first kappa shape index (κ1) is 17.2. The number of aryl methyl sites for hydroxylation is 2. The van der Waals surface area contributed by atoms with E-state index in [0.29, 0.717) is 6.42 Å². The lowest BCUT2D eigenvalue weighted by Gasteiger charge is -2.33. The molecule has 0 bridgehead atoms. The highest BCUT2D eigenvalue weighted by Gasteiger charge is 2.37. The van der Waals surface area contributed by atoms with Gasteiger partial charge in [0.25, 0.3) is 0 Å². The Morgan fingerprint density at radius 1 is 1.21 bits per heavy atom. The highest BCUT2D eigenvalue weighted by molar-refractivity contribution is 9.10. The van der Waals surface area contributed by atoms with Crippen molar-refractivity contribution >= 4 is 21.9 Å². The molecule has 1 aliphatic heterocycles. The smallest absolute Gasteiger partial charge is 0.320 e. The molecular formula is C20H22BrNO2. The number of carbonyl (C=O) groups is 1. The Balaban J connectivity index is 2.12. The molecule has 1 fully saturated rings. The quantitative estimate of drug-likeness (QED) is 0.825. The van der Waals surface area contributed by atoms with Crippen molar-refractivity contribution in [2.45, 2.75) is 38.8 Å². The van der Waals surface area contributed by atoms with E-state index in [0.717, 1.165) is 23.0 Å². The number of hydrogen-bond donors (Lipinski definition) is 1. The zero-order valence-corrected chi connectivity index (χ0v) is 15.6. The van der Waals surface area contributed by atoms with Crippen LogP contribution in [0, 0.1) is 13.8 Å². The van der Waals surface area contributed by atoms with Gasteiger partial charge in [-0.25, -0.2) is 0 Å². The third-order valence-electron chi connectivity index (χ3n) is 4.83. The normalized spacial score (nSPS) is 19.4. The van der Waals surface area contributed by atoms with Crippen LogP contribution in [0.2, 0.25) is 0 Å². The number of benzene rings is 2. The summed E-state index contributed by atoms with van der Waals surface area (Å²) < 4.78 is 1.03. The second-order valence-electron chi connectivity index (χ2n) is 6.55. The van der Waals surface area contributed by atoms with E-state index in [2.05, 4.69) is 65.0 Å². The molecule has 1 saturated heterocycles. The van der Waals surface area contributed by atoms with Gasteiger partial charge in [0.1, 0.15) is 6.04 Å². The number of carboxylic acids is 1. The minimum absolute atomic E-state index is 0.0263. The average Bonchev–Trinajstić information content (AvgIpc) is 3.02. The summed E-state index contributed by atoms with van der Waals surface area (Å²) in [5.41, 5.74) is 4.74. The molecule has 3 nitrogen and oxygen atoms in total. The van der Waals surface area contributed by atoms with Gasteiger partial charge in [-0.05, 0) is 55.5 Å². The summed E-state index contributed by atoms with van der Waals surface area (Å²) in [6.07, 6.45) is 1.64. The summed E-state index contributed by atoms with van der Waals surface area (Å²) in [5.74, 6) is -0.722. The Morgan fingerprint density at radius 2 is 1.92 bits per heavy atom. The van der Waals surface area contributed by atoms with Crippen molar-refractivity contribution in [1.29, 1.82) is 0 Å². The molecule has 0 aromatic heterocycles. The lowest BCUT2D eigenvalue weighted by atomic mass is 9.92. The van der Waals surface area contributed by atoms with Gasteiger partial charge >= 0.3 is 5.97 Å². The molecule has 0 radical (unpaired) electrons. The number of aliphatic carboxylic acids is 1. The summed E-state index contributed by atoms with van der Waals surface area (Å²) in [6, 6.07) is 14.2. The molecule has 0 spiro atoms. The highest BCUT2D eigenvalue weighted by Crippen LogP contribution is 2.37. The predicted molar refractivity (Wildman–Crippen MR) is 99.3 cm³/mol. The van der Waals surface area contributed by atoms with E-state index in [9.17, 15) is 9.90 Å². The van der Waals surface area contributed by atoms with Gasteiger partial charge in [-0.2, -0.15) is 0 Å². The molecule has 0 saturated carbocycles. The van der Waals surface area contributed by atoms with Gasteiger partial charge in [-0.15, -0.1) is 0 Å². The van der Waals surface area contributed by atoms with Crippen LogP contribution >= 0.6 is 15.9 Å². The highest BCUT2D eigenvalue weighted by atomic mass is 79.9. The molecule has 24 heavy (non-hydrogen) atoms. The molecule has 1 N–H and O–H groups in total. The van der Waals surface area contributed by atoms with E-state index >= 15 is 0 Å². The molecule has 2 aromatic rings. The molecule has 2 atom stereocenters. The van der Waals surface area contributed by atoms with Crippen LogP contribution in [-0.4, -0.2) is 28.6 Å². The maximum absolute atomic E-state index is 11.7. The molecule has 1 heterocycles. The van der Waals surface area contributed by atoms with Gasteiger partial charge in [0.15, 0.2) is 0 Å². The van der Waals surface area contributed by atoms with Crippen LogP contribution in [0.3, 0.4) is 0 Å². The Hall–Kier alpha value is -1.65. The van der Waals surface area contributed by atoms with Crippen LogP contribution in [-0.2, 0) is 4.79 Å². The zero-order valence-electron chi connectivity index (χ0n) is 14.0. The van der Waals surface area contributed by atoms with Gasteiger partial charge in [0.2, 0.25) is 0 Å². The molecule has 2 unspecified atom stereocenters. The van der Waals surface area contributed by atoms with Gasteiger partial charge in [0, 0.05) is 11.0 Å². The molecule has 0 amide bonds. The van der Waals surface area contributed by atoms with Crippen LogP contribution in [0.25, 0.3) is 0 Å². The van der Waals surface area contributed by atoms with Gasteiger partial charge < -0.3 is 5.11 Å². The van der Waals surface area contributed by atoms with Crippen LogP contribution in [0.4, 0.5) is 0 Å². The maximum atomic E-state index is 11.7. The fourth-order valence-corrected chi connectivity index (χ4v) is 3.88. The lowest BCUT2D eigenvalue weighted by molar-refractivity contribution is -0.142. The van der Waals surface area contributed by atoms with Gasteiger partial charge in [0.05, 0.1) is 6.04 Å². The second-order valence-corrected chi connectivity index (χ2v) is 7.46. The first-order valence-corrected chi connectivity index (χ1v) is 9.08. The second kappa shape index (κ2) is 7.08. The van der Waals surface area contributed by atoms with Crippen LogP contribution in [0.15, 0.2) is 46.9 Å². The van der Waals surface area contributed by atoms with Crippen molar-refractivity contribution < 1.29 is 9.90 Å². The number of nitrogens with zero attached hydrogens (tertiary/aromatic N) is 1. The molecule has 0 aliphatic carbocycles. The Morgan fingerprint density at radius 3 is 2.58 bits per heavy atom. The number of hydrogen-bond acceptors (Lipinski definition) is 2. The average molecular weight is 388 g/mol. The van der Waals surface area contributed by atoms with Crippen LogP contribution in [0.5, 0.6) is 0 Å². The summed E-state index contributed by atoms with van der Waals surface area (Å²) in [5, 5.41) is 9.65. The Labute approximate surface area is 151 Å². The van der Waals surface area contributed by atoms with Crippen molar-refractivity contribution in [3.05, 3.63) is 69.2 Å². The van der Waals surface area contributed by atoms with E-state index < -0.39 is 12.0 Å². The largest absolute Gasteiger partial charge is 0.480 e. The number of carboxylic acid groups (broad SMARTS) is 1. The fourth-order valence-electron chi connectivity index (χ4n) is 3.61. The van der Waals surface area contributed by atoms with Gasteiger partial charge in [-0.3, -0.25) is 9.69 Å². The summed E-state index contributed by atoms with van der Waals surface area (Å²) >= 11 is 3.49. The topological polar surface area (TPSA) is 40.5 Å². The Bertz CT molecular complexity index is 742. The summed E-state index contributed by atoms with van der Waals surface area (Å²) in [7, 11) is 0. The van der Waals surface area contributed by atoms with E-state index in [4.69, 9.17) is 0 Å². The minimum Gasteiger partial charge on any atom is -0.480 e. The molecular weight excluding hydrogens is 366 g/mol. The lowest BCUT2D eigenvalue weighted by Crippen LogP contribution is -2.39. The SMILES string of the molecule is Cc1ccc(C)c(C(c2ccc(Br)cc2)N2CCCC2C(=O)O)c1. The maximum Gasteiger partial charge on any atom is 0.320 e. The number of likely N-dealkylation sites (tertiary alicyclic amines) is 1. The van der Waals surface area contributed by atoms with Crippen molar-refractivity contribution in [3.63, 3.8) is 0 Å². The van der Waals surface area contributed by atoms with E-state index in [1.54, 1.807) is 0 Å². The van der Waals surface area contributed by atoms with Crippen molar-refractivity contribution in [1.82, 2.24) is 4.90 Å². The molecule has 126 valence electrons. The Kier molecular flexibility index (Phi) is 5.07. The van der Waals surface area contributed by atoms with Crippen LogP contribution < -0.4 is 0 Å². The first-order valence-electron chi connectivity index (χ1n) is 8.28. The predicted octanol–water partition coefficient (Wildman–Crippen LogP) is 4.70. The van der Waals surface area contributed by atoms with E-state index in [-0.39, 0.29) is 6.04 Å². The summed E-state index contributed by atoms with van der Waals surface area (Å²) in [4.78, 5) is 13.9. The van der Waals surface area contributed by atoms with Crippen molar-refractivity contribution in [3.8, 4) is 0 Å². The minimum atomic E-state index is -0.722. The molecule has 3 rings (SSSR count). The molecule has 1 aliphatic rings. The van der Waals surface area contributed by atoms with Gasteiger partial charge in [-0.1, -0.05) is 51.8 Å². The monoisotopic (exact) mass is 387 g/mol. The summed E-state index contributed by atoms with van der Waals surface area (Å²) in [6.45, 7) is 5.00. The third kappa shape index (κ3) is 3.40. The number of rotatable bonds is 4. The molecule has 2 aromatic carbocycles. The van der Waals surface area contributed by atoms with E-state index in [1.165, 1.54) is 16.7 Å². The standard InChI is InChI=1S/C20H22BrNO2/c1-13-5-6-14(2)17(12-13)19(15-7-9-16(21)10-8-15)22-11-3-4-18(22)20(23)24/h5-10,12,18-19H,3-4,11H2,1-2H3,(H,23,24). The third-order valence-corrected chi connectivity index (χ3v) is 5.35. The first-order chi connectivity index (χ1) is 11.5. The van der Waals surface area contributed by atoms with Crippen LogP contribution in [0.1, 0.15) is 41.1 Å². The molecule has 4 heteroatoms. The number of halogens is 1. The fraction of sp³-hybridized carbons (Fsp3) is 0.350. The van der Waals surface area contributed by atoms with Crippen molar-refractivity contribution in [2.75, 3.05) is 6.54 Å². The zero-order chi connectivity index (χ0) is 17.3. The van der Waals surface area contributed by atoms with E-state index in [1.807, 2.05) is 12.1 Å².